The van der Waals surface area contributed by atoms with Crippen LogP contribution in [0.1, 0.15) is 39.1 Å². The van der Waals surface area contributed by atoms with Crippen molar-refractivity contribution in [1.82, 2.24) is 14.9 Å². The van der Waals surface area contributed by atoms with E-state index in [-0.39, 0.29) is 12.6 Å². The zero-order valence-corrected chi connectivity index (χ0v) is 20.1. The number of thiazole rings is 1. The first-order chi connectivity index (χ1) is 15.8. The van der Waals surface area contributed by atoms with Gasteiger partial charge < -0.3 is 14.6 Å². The van der Waals surface area contributed by atoms with E-state index in [1.165, 1.54) is 18.3 Å². The van der Waals surface area contributed by atoms with Crippen LogP contribution in [0.25, 0.3) is 21.3 Å². The van der Waals surface area contributed by atoms with Crippen LogP contribution in [0, 0.1) is 20.8 Å². The van der Waals surface area contributed by atoms with Crippen molar-refractivity contribution in [3.63, 3.8) is 0 Å². The molecule has 33 heavy (non-hydrogen) atoms. The Morgan fingerprint density at radius 2 is 1.82 bits per heavy atom. The van der Waals surface area contributed by atoms with Gasteiger partial charge in [-0.05, 0) is 44.4 Å². The number of aromatic amines is 1. The van der Waals surface area contributed by atoms with Gasteiger partial charge in [-0.3, -0.25) is 9.59 Å². The highest BCUT2D eigenvalue weighted by molar-refractivity contribution is 7.15. The van der Waals surface area contributed by atoms with E-state index in [0.717, 1.165) is 43.0 Å². The summed E-state index contributed by atoms with van der Waals surface area (Å²) in [4.78, 5) is 35.4. The molecule has 0 saturated heterocycles. The summed E-state index contributed by atoms with van der Waals surface area (Å²) in [5.74, 6) is -0.668. The summed E-state index contributed by atoms with van der Waals surface area (Å²) in [5.41, 5.74) is 5.79. The normalized spacial score (nSPS) is 11.0. The van der Waals surface area contributed by atoms with Crippen LogP contribution >= 0.6 is 11.3 Å². The van der Waals surface area contributed by atoms with Crippen molar-refractivity contribution in [2.45, 2.75) is 34.1 Å². The lowest BCUT2D eigenvalue weighted by Crippen LogP contribution is -2.36. The van der Waals surface area contributed by atoms with Gasteiger partial charge in [-0.25, -0.2) is 4.98 Å². The van der Waals surface area contributed by atoms with Gasteiger partial charge in [0.05, 0.1) is 9.88 Å². The van der Waals surface area contributed by atoms with Gasteiger partial charge >= 0.3 is 5.97 Å². The van der Waals surface area contributed by atoms with Crippen molar-refractivity contribution in [1.29, 1.82) is 0 Å². The van der Waals surface area contributed by atoms with Gasteiger partial charge in [-0.2, -0.15) is 0 Å². The Labute approximate surface area is 197 Å². The molecule has 170 valence electrons. The molecule has 0 bridgehead atoms. The zero-order valence-electron chi connectivity index (χ0n) is 19.3. The summed E-state index contributed by atoms with van der Waals surface area (Å²) in [7, 11) is 0. The minimum Gasteiger partial charge on any atom is -0.444 e. The second-order valence-electron chi connectivity index (χ2n) is 8.23. The lowest BCUT2D eigenvalue weighted by Gasteiger charge is -2.22. The van der Waals surface area contributed by atoms with E-state index in [1.807, 2.05) is 45.2 Å². The minimum atomic E-state index is -0.427. The van der Waals surface area contributed by atoms with Crippen molar-refractivity contribution in [2.24, 2.45) is 0 Å². The number of amides is 1. The van der Waals surface area contributed by atoms with Crippen LogP contribution in [0.4, 0.5) is 0 Å². The van der Waals surface area contributed by atoms with Crippen molar-refractivity contribution < 1.29 is 14.3 Å². The van der Waals surface area contributed by atoms with Gasteiger partial charge in [0.15, 0.2) is 6.73 Å². The molecular formula is C26H27N3O3S. The molecule has 2 aromatic carbocycles. The third-order valence-electron chi connectivity index (χ3n) is 5.46. The molecule has 0 saturated carbocycles. The maximum atomic E-state index is 13.6. The molecule has 4 rings (SSSR count). The van der Waals surface area contributed by atoms with Gasteiger partial charge in [-0.15, -0.1) is 11.3 Å². The Balaban J connectivity index is 1.63. The first-order valence-corrected chi connectivity index (χ1v) is 11.7. The largest absolute Gasteiger partial charge is 0.444 e. The van der Waals surface area contributed by atoms with Gasteiger partial charge in [0.2, 0.25) is 0 Å². The molecule has 0 aliphatic carbocycles. The van der Waals surface area contributed by atoms with Crippen molar-refractivity contribution in [3.05, 3.63) is 76.1 Å². The maximum absolute atomic E-state index is 13.6. The SMILES string of the molecule is CC(=O)OCN(CCc1c[nH]c2ccccc12)C(=O)c1nc(C)sc1-c1cc(C)cc(C)c1. The maximum Gasteiger partial charge on any atom is 0.304 e. The molecule has 0 aliphatic heterocycles. The standard InChI is InChI=1S/C26H27N3O3S/c1-16-11-17(2)13-21(12-16)25-24(28-18(3)33-25)26(31)29(15-32-19(4)30)10-9-20-14-27-23-8-6-5-7-22(20)23/h5-8,11-14,27H,9-10,15H2,1-4H3. The molecule has 0 unspecified atom stereocenters. The van der Waals surface area contributed by atoms with Crippen LogP contribution in [-0.2, 0) is 16.0 Å². The summed E-state index contributed by atoms with van der Waals surface area (Å²) in [6, 6.07) is 14.3. The number of hydrogen-bond donors (Lipinski definition) is 1. The third kappa shape index (κ3) is 5.14. The highest BCUT2D eigenvalue weighted by atomic mass is 32.1. The molecule has 0 fully saturated rings. The van der Waals surface area contributed by atoms with Gasteiger partial charge in [0.25, 0.3) is 5.91 Å². The summed E-state index contributed by atoms with van der Waals surface area (Å²) in [6.07, 6.45) is 2.59. The van der Waals surface area contributed by atoms with Crippen LogP contribution in [0.3, 0.4) is 0 Å². The first kappa shape index (κ1) is 22.7. The second-order valence-corrected chi connectivity index (χ2v) is 9.43. The highest BCUT2D eigenvalue weighted by Gasteiger charge is 2.25. The molecule has 1 N–H and O–H groups in total. The summed E-state index contributed by atoms with van der Waals surface area (Å²) in [6.45, 7) is 7.61. The number of benzene rings is 2. The summed E-state index contributed by atoms with van der Waals surface area (Å²) in [5, 5.41) is 1.94. The predicted octanol–water partition coefficient (Wildman–Crippen LogP) is 5.42. The number of aromatic nitrogens is 2. The Morgan fingerprint density at radius 1 is 1.09 bits per heavy atom. The molecule has 0 aliphatic rings. The summed E-state index contributed by atoms with van der Waals surface area (Å²) < 4.78 is 5.23. The number of hydrogen-bond acceptors (Lipinski definition) is 5. The molecule has 0 radical (unpaired) electrons. The molecule has 4 aromatic rings. The zero-order chi connectivity index (χ0) is 23.5. The van der Waals surface area contributed by atoms with E-state index in [9.17, 15) is 9.59 Å². The topological polar surface area (TPSA) is 75.3 Å². The lowest BCUT2D eigenvalue weighted by atomic mass is 10.0. The molecule has 6 nitrogen and oxygen atoms in total. The Hall–Kier alpha value is -3.45. The molecule has 2 heterocycles. The van der Waals surface area contributed by atoms with E-state index in [4.69, 9.17) is 4.74 Å². The number of nitrogens with zero attached hydrogens (tertiary/aromatic N) is 2. The van der Waals surface area contributed by atoms with Crippen LogP contribution < -0.4 is 0 Å². The van der Waals surface area contributed by atoms with E-state index >= 15 is 0 Å². The lowest BCUT2D eigenvalue weighted by molar-refractivity contribution is -0.144. The number of rotatable bonds is 7. The van der Waals surface area contributed by atoms with Crippen LogP contribution in [0.15, 0.2) is 48.7 Å². The van der Waals surface area contributed by atoms with Crippen molar-refractivity contribution in [2.75, 3.05) is 13.3 Å². The minimum absolute atomic E-state index is 0.112. The molecule has 0 spiro atoms. The second kappa shape index (κ2) is 9.58. The average molecular weight is 462 g/mol. The number of aryl methyl sites for hydroxylation is 3. The van der Waals surface area contributed by atoms with Crippen molar-refractivity contribution >= 4 is 34.1 Å². The fraction of sp³-hybridized carbons (Fsp3) is 0.269. The number of carbonyl (C=O) groups is 2. The number of para-hydroxylation sites is 1. The number of fused-ring (bicyclic) bond motifs is 1. The Morgan fingerprint density at radius 3 is 2.55 bits per heavy atom. The number of H-pyrrole nitrogens is 1. The Kier molecular flexibility index (Phi) is 6.60. The van der Waals surface area contributed by atoms with Gasteiger partial charge in [0, 0.05) is 30.6 Å². The summed E-state index contributed by atoms with van der Waals surface area (Å²) >= 11 is 1.50. The van der Waals surface area contributed by atoms with E-state index in [0.29, 0.717) is 18.7 Å². The molecule has 2 aromatic heterocycles. The molecule has 7 heteroatoms. The number of ether oxygens (including phenoxy) is 1. The van der Waals surface area contributed by atoms with Gasteiger partial charge in [-0.1, -0.05) is 47.5 Å². The van der Waals surface area contributed by atoms with Gasteiger partial charge in [0.1, 0.15) is 5.69 Å². The van der Waals surface area contributed by atoms with Crippen LogP contribution in [0.2, 0.25) is 0 Å². The quantitative estimate of drug-likeness (QED) is 0.294. The molecule has 0 atom stereocenters. The Bertz CT molecular complexity index is 1300. The van der Waals surface area contributed by atoms with E-state index in [1.54, 1.807) is 4.90 Å². The molecule has 1 amide bonds. The smallest absolute Gasteiger partial charge is 0.304 e. The van der Waals surface area contributed by atoms with E-state index < -0.39 is 5.97 Å². The predicted molar refractivity (Wildman–Crippen MR) is 131 cm³/mol. The first-order valence-electron chi connectivity index (χ1n) is 10.9. The third-order valence-corrected chi connectivity index (χ3v) is 6.48. The van der Waals surface area contributed by atoms with Crippen LogP contribution in [-0.4, -0.2) is 40.0 Å². The number of carbonyl (C=O) groups excluding carboxylic acids is 2. The fourth-order valence-corrected chi connectivity index (χ4v) is 4.91. The van der Waals surface area contributed by atoms with E-state index in [2.05, 4.69) is 34.2 Å². The van der Waals surface area contributed by atoms with Crippen molar-refractivity contribution in [3.8, 4) is 10.4 Å². The monoisotopic (exact) mass is 461 g/mol. The highest BCUT2D eigenvalue weighted by Crippen LogP contribution is 2.32. The average Bonchev–Trinajstić information content (AvgIpc) is 3.36. The van der Waals surface area contributed by atoms with Crippen LogP contribution in [0.5, 0.6) is 0 Å². The fourth-order valence-electron chi connectivity index (χ4n) is 4.01. The number of nitrogens with one attached hydrogen (secondary N) is 1. The molecular weight excluding hydrogens is 434 g/mol. The number of esters is 1.